The van der Waals surface area contributed by atoms with Gasteiger partial charge in [0.15, 0.2) is 0 Å². The predicted octanol–water partition coefficient (Wildman–Crippen LogP) is 7.74. The third-order valence-corrected chi connectivity index (χ3v) is 11.3. The molecular weight excluding hydrogens is 627 g/mol. The van der Waals surface area contributed by atoms with E-state index >= 15 is 0 Å². The predicted molar refractivity (Wildman–Crippen MR) is 167 cm³/mol. The lowest BCUT2D eigenvalue weighted by Gasteiger charge is -2.59. The summed E-state index contributed by atoms with van der Waals surface area (Å²) >= 11 is 2.47. The zero-order valence-corrected chi connectivity index (χ0v) is 25.8. The van der Waals surface area contributed by atoms with Crippen LogP contribution in [-0.2, 0) is 17.9 Å². The number of benzene rings is 3. The molecule has 2 saturated heterocycles. The maximum absolute atomic E-state index is 13.4. The SMILES string of the molecule is COc1ccc(N2C(=O)ON3[C@@H](CI)C[C@H]4[C@@H]5CCc6cc(OCc7ccccc7)ccc6[C@H]5CC[C@]4(C)[C@H]23)cc1. The fourth-order valence-electron chi connectivity index (χ4n) is 8.28. The standard InChI is InChI=1S/C34H37IN2O4/c1-34-17-16-29-28-15-13-27(40-21-22-6-4-3-5-7-22)18-23(28)8-14-30(29)31(34)19-25(20-35)37-32(34)36(33(38)41-37)24-9-11-26(39-2)12-10-24/h3-7,9-13,15,18,25,29-32H,8,14,16-17,19-21H2,1-2H3/t25-,29-,30-,31+,32-,34+/m1/s1. The number of alkyl halides is 1. The number of hydrogen-bond acceptors (Lipinski definition) is 5. The minimum Gasteiger partial charge on any atom is -0.497 e. The molecule has 4 aliphatic rings. The van der Waals surface area contributed by atoms with Gasteiger partial charge >= 0.3 is 6.09 Å². The van der Waals surface area contributed by atoms with Crippen molar-refractivity contribution in [3.8, 4) is 11.5 Å². The van der Waals surface area contributed by atoms with E-state index < -0.39 is 0 Å². The van der Waals surface area contributed by atoms with Gasteiger partial charge in [-0.15, -0.1) is 5.06 Å². The van der Waals surface area contributed by atoms with Crippen molar-refractivity contribution in [3.63, 3.8) is 0 Å². The Morgan fingerprint density at radius 2 is 1.80 bits per heavy atom. The van der Waals surface area contributed by atoms with Crippen LogP contribution >= 0.6 is 22.6 Å². The summed E-state index contributed by atoms with van der Waals surface area (Å²) in [5, 5.41) is 2.04. The molecule has 0 aromatic heterocycles. The molecule has 0 radical (unpaired) electrons. The van der Waals surface area contributed by atoms with Crippen LogP contribution < -0.4 is 14.4 Å². The fraction of sp³-hybridized carbons (Fsp3) is 0.441. The average Bonchev–Trinajstić information content (AvgIpc) is 3.37. The third kappa shape index (κ3) is 4.60. The number of carbonyl (C=O) groups is 1. The molecule has 3 aromatic carbocycles. The van der Waals surface area contributed by atoms with Crippen LogP contribution in [0.15, 0.2) is 72.8 Å². The number of fused-ring (bicyclic) bond motifs is 7. The zero-order valence-electron chi connectivity index (χ0n) is 23.7. The number of nitrogens with zero attached hydrogens (tertiary/aromatic N) is 2. The maximum atomic E-state index is 13.4. The summed E-state index contributed by atoms with van der Waals surface area (Å²) in [5.74, 6) is 3.40. The number of halogens is 1. The van der Waals surface area contributed by atoms with Crippen molar-refractivity contribution < 1.29 is 19.1 Å². The van der Waals surface area contributed by atoms with E-state index in [-0.39, 0.29) is 23.7 Å². The molecular formula is C34H37IN2O4. The van der Waals surface area contributed by atoms with Gasteiger partial charge in [0.25, 0.3) is 0 Å². The molecule has 2 aliphatic heterocycles. The van der Waals surface area contributed by atoms with Gasteiger partial charge in [-0.05, 0) is 103 Å². The van der Waals surface area contributed by atoms with Crippen LogP contribution in [0.1, 0.15) is 55.2 Å². The van der Waals surface area contributed by atoms with E-state index in [1.165, 1.54) is 23.1 Å². The zero-order chi connectivity index (χ0) is 28.1. The molecule has 7 rings (SSSR count). The molecule has 6 nitrogen and oxygen atoms in total. The molecule has 3 fully saturated rings. The minimum atomic E-state index is -0.268. The van der Waals surface area contributed by atoms with Gasteiger partial charge in [0.1, 0.15) is 24.3 Å². The summed E-state index contributed by atoms with van der Waals surface area (Å²) in [6, 6.07) is 25.2. The van der Waals surface area contributed by atoms with E-state index in [1.807, 2.05) is 40.3 Å². The van der Waals surface area contributed by atoms with Crippen molar-refractivity contribution in [2.24, 2.45) is 17.3 Å². The first-order valence-corrected chi connectivity index (χ1v) is 16.3. The number of piperidine rings is 1. The highest BCUT2D eigenvalue weighted by Gasteiger charge is 2.63. The van der Waals surface area contributed by atoms with Crippen molar-refractivity contribution in [2.75, 3.05) is 16.4 Å². The van der Waals surface area contributed by atoms with Crippen LogP contribution in [0.3, 0.4) is 0 Å². The highest BCUT2D eigenvalue weighted by molar-refractivity contribution is 14.1. The van der Waals surface area contributed by atoms with Crippen LogP contribution in [0.4, 0.5) is 10.5 Å². The van der Waals surface area contributed by atoms with Crippen LogP contribution in [0.2, 0.25) is 0 Å². The number of hydroxylamine groups is 2. The summed E-state index contributed by atoms with van der Waals surface area (Å²) < 4.78 is 12.5. The average molecular weight is 665 g/mol. The van der Waals surface area contributed by atoms with E-state index in [2.05, 4.69) is 72.0 Å². The molecule has 2 aliphatic carbocycles. The van der Waals surface area contributed by atoms with Crippen molar-refractivity contribution in [1.29, 1.82) is 0 Å². The second-order valence-corrected chi connectivity index (χ2v) is 13.2. The first kappa shape index (κ1) is 27.1. The van der Waals surface area contributed by atoms with Gasteiger partial charge in [0, 0.05) is 15.5 Å². The molecule has 0 N–H and O–H groups in total. The van der Waals surface area contributed by atoms with Crippen molar-refractivity contribution >= 4 is 34.4 Å². The van der Waals surface area contributed by atoms with Gasteiger partial charge in [-0.2, -0.15) is 0 Å². The second-order valence-electron chi connectivity index (χ2n) is 12.3. The Morgan fingerprint density at radius 1 is 1.02 bits per heavy atom. The first-order chi connectivity index (χ1) is 20.0. The van der Waals surface area contributed by atoms with Crippen molar-refractivity contribution in [3.05, 3.63) is 89.5 Å². The molecule has 7 heteroatoms. The number of amides is 1. The Bertz CT molecular complexity index is 1420. The Hall–Kier alpha value is -2.78. The Labute approximate surface area is 256 Å². The normalized spacial score (nSPS) is 30.5. The quantitative estimate of drug-likeness (QED) is 0.199. The van der Waals surface area contributed by atoms with Gasteiger partial charge in [0.2, 0.25) is 0 Å². The van der Waals surface area contributed by atoms with Gasteiger partial charge in [-0.25, -0.2) is 4.79 Å². The molecule has 2 heterocycles. The molecule has 6 atom stereocenters. The van der Waals surface area contributed by atoms with Crippen molar-refractivity contribution in [1.82, 2.24) is 5.06 Å². The lowest BCUT2D eigenvalue weighted by molar-refractivity contribution is -0.205. The summed E-state index contributed by atoms with van der Waals surface area (Å²) in [4.78, 5) is 21.4. The number of rotatable bonds is 6. The number of ether oxygens (including phenoxy) is 2. The minimum absolute atomic E-state index is 0.0637. The Balaban J connectivity index is 1.16. The van der Waals surface area contributed by atoms with Gasteiger partial charge in [0.05, 0.1) is 13.2 Å². The molecule has 1 amide bonds. The lowest BCUT2D eigenvalue weighted by atomic mass is 9.51. The van der Waals surface area contributed by atoms with E-state index in [0.717, 1.165) is 47.3 Å². The molecule has 214 valence electrons. The Morgan fingerprint density at radius 3 is 2.56 bits per heavy atom. The molecule has 0 spiro atoms. The molecule has 0 unspecified atom stereocenters. The van der Waals surface area contributed by atoms with E-state index in [4.69, 9.17) is 14.3 Å². The molecule has 3 aromatic rings. The van der Waals surface area contributed by atoms with Crippen LogP contribution in [0.5, 0.6) is 11.5 Å². The van der Waals surface area contributed by atoms with E-state index in [0.29, 0.717) is 24.4 Å². The molecule has 0 bridgehead atoms. The first-order valence-electron chi connectivity index (χ1n) is 14.8. The van der Waals surface area contributed by atoms with Crippen molar-refractivity contribution in [2.45, 2.75) is 63.8 Å². The summed E-state index contributed by atoms with van der Waals surface area (Å²) in [7, 11) is 1.66. The summed E-state index contributed by atoms with van der Waals surface area (Å²) in [6.07, 6.45) is 5.12. The smallest absolute Gasteiger partial charge is 0.435 e. The number of carbonyl (C=O) groups excluding carboxylic acids is 1. The number of anilines is 1. The fourth-order valence-corrected chi connectivity index (χ4v) is 9.02. The van der Waals surface area contributed by atoms with Gasteiger partial charge < -0.3 is 14.3 Å². The highest BCUT2D eigenvalue weighted by atomic mass is 127. The van der Waals surface area contributed by atoms with E-state index in [9.17, 15) is 4.79 Å². The largest absolute Gasteiger partial charge is 0.497 e. The molecule has 1 saturated carbocycles. The van der Waals surface area contributed by atoms with Gasteiger partial charge in [-0.3, -0.25) is 4.90 Å². The Kier molecular flexibility index (Phi) is 7.14. The van der Waals surface area contributed by atoms with Crippen LogP contribution in [-0.4, -0.2) is 34.9 Å². The lowest BCUT2D eigenvalue weighted by Crippen LogP contribution is -2.64. The summed E-state index contributed by atoms with van der Waals surface area (Å²) in [6.45, 7) is 3.01. The summed E-state index contributed by atoms with van der Waals surface area (Å²) in [5.41, 5.74) is 4.95. The third-order valence-electron chi connectivity index (χ3n) is 10.3. The van der Waals surface area contributed by atoms with Gasteiger partial charge in [-0.1, -0.05) is 65.9 Å². The number of hydrogen-bond donors (Lipinski definition) is 0. The second kappa shape index (κ2) is 10.8. The highest BCUT2D eigenvalue weighted by Crippen LogP contribution is 2.62. The topological polar surface area (TPSA) is 51.2 Å². The molecule has 41 heavy (non-hydrogen) atoms. The monoisotopic (exact) mass is 664 g/mol. The number of aryl methyl sites for hydroxylation is 1. The van der Waals surface area contributed by atoms with Crippen LogP contribution in [0.25, 0.3) is 0 Å². The van der Waals surface area contributed by atoms with Crippen LogP contribution in [0, 0.1) is 17.3 Å². The number of methoxy groups -OCH3 is 1. The maximum Gasteiger partial charge on any atom is 0.435 e. The van der Waals surface area contributed by atoms with E-state index in [1.54, 1.807) is 7.11 Å².